The van der Waals surface area contributed by atoms with Crippen molar-refractivity contribution in [3.63, 3.8) is 0 Å². The summed E-state index contributed by atoms with van der Waals surface area (Å²) in [5.41, 5.74) is -0.874. The average Bonchev–Trinajstić information content (AvgIpc) is 2.43. The summed E-state index contributed by atoms with van der Waals surface area (Å²) < 4.78 is 11.8. The van der Waals surface area contributed by atoms with E-state index in [1.807, 2.05) is 27.7 Å². The Balaban J connectivity index is 4.30. The van der Waals surface area contributed by atoms with E-state index in [0.29, 0.717) is 25.6 Å². The third kappa shape index (κ3) is 11.1. The number of aliphatic carboxylic acids is 1. The van der Waals surface area contributed by atoms with E-state index in [-0.39, 0.29) is 24.5 Å². The highest BCUT2D eigenvalue weighted by atomic mass is 16.5. The second-order valence-corrected chi connectivity index (χ2v) is 7.21. The van der Waals surface area contributed by atoms with Gasteiger partial charge in [-0.2, -0.15) is 0 Å². The Kier molecular flexibility index (Phi) is 9.39. The molecule has 0 aliphatic heterocycles. The molecule has 1 amide bonds. The fourth-order valence-electron chi connectivity index (χ4n) is 1.86. The van der Waals surface area contributed by atoms with Crippen LogP contribution in [0.25, 0.3) is 0 Å². The number of carboxylic acid groups (broad SMARTS) is 1. The van der Waals surface area contributed by atoms with Crippen LogP contribution in [0.15, 0.2) is 0 Å². The lowest BCUT2D eigenvalue weighted by atomic mass is 9.97. The number of carbonyl (C=O) groups is 2. The van der Waals surface area contributed by atoms with Crippen molar-refractivity contribution in [1.82, 2.24) is 5.32 Å². The maximum atomic E-state index is 11.8. The first-order valence-corrected chi connectivity index (χ1v) is 8.26. The second-order valence-electron chi connectivity index (χ2n) is 7.21. The van der Waals surface area contributed by atoms with Gasteiger partial charge in [-0.15, -0.1) is 0 Å². The van der Waals surface area contributed by atoms with Crippen molar-refractivity contribution in [1.29, 1.82) is 0 Å². The first-order valence-electron chi connectivity index (χ1n) is 8.26. The molecule has 0 spiro atoms. The molecule has 0 aliphatic carbocycles. The largest absolute Gasteiger partial charge is 0.480 e. The zero-order valence-electron chi connectivity index (χ0n) is 15.4. The number of carbonyl (C=O) groups excluding carboxylic acids is 1. The van der Waals surface area contributed by atoms with Gasteiger partial charge in [0, 0.05) is 6.61 Å². The Bertz CT molecular complexity index is 381. The Morgan fingerprint density at radius 2 is 1.78 bits per heavy atom. The van der Waals surface area contributed by atoms with E-state index in [1.54, 1.807) is 0 Å². The van der Waals surface area contributed by atoms with Crippen LogP contribution < -0.4 is 5.32 Å². The zero-order valence-corrected chi connectivity index (χ0v) is 15.4. The summed E-state index contributed by atoms with van der Waals surface area (Å²) in [6.07, 6.45) is 1.54. The van der Waals surface area contributed by atoms with Crippen molar-refractivity contribution in [3.8, 4) is 0 Å². The SMILES string of the molecule is CCC(C)(CC(=O)NCC(=O)O)OCCC(C)(C)OCC(C)C. The summed E-state index contributed by atoms with van der Waals surface area (Å²) in [4.78, 5) is 22.3. The van der Waals surface area contributed by atoms with Crippen LogP contribution in [0.2, 0.25) is 0 Å². The summed E-state index contributed by atoms with van der Waals surface area (Å²) in [6.45, 7) is 12.9. The summed E-state index contributed by atoms with van der Waals surface area (Å²) >= 11 is 0. The molecule has 0 aromatic rings. The topological polar surface area (TPSA) is 84.9 Å². The van der Waals surface area contributed by atoms with E-state index < -0.39 is 11.6 Å². The van der Waals surface area contributed by atoms with Crippen molar-refractivity contribution in [2.45, 2.75) is 72.0 Å². The third-order valence-corrected chi connectivity index (χ3v) is 3.68. The fraction of sp³-hybridized carbons (Fsp3) is 0.882. The standard InChI is InChI=1S/C17H33NO5/c1-7-17(6,10-14(19)18-11-15(20)21)22-9-8-16(4,5)23-12-13(2)3/h13H,7-12H2,1-6H3,(H,18,19)(H,20,21). The van der Waals surface area contributed by atoms with Crippen LogP contribution in [0.3, 0.4) is 0 Å². The molecular formula is C17H33NO5. The van der Waals surface area contributed by atoms with Gasteiger partial charge in [-0.1, -0.05) is 20.8 Å². The van der Waals surface area contributed by atoms with Gasteiger partial charge >= 0.3 is 5.97 Å². The molecule has 6 heteroatoms. The highest BCUT2D eigenvalue weighted by molar-refractivity contribution is 5.81. The Labute approximate surface area is 139 Å². The molecule has 0 rings (SSSR count). The molecule has 0 saturated carbocycles. The normalized spacial score (nSPS) is 14.6. The quantitative estimate of drug-likeness (QED) is 0.574. The lowest BCUT2D eigenvalue weighted by Gasteiger charge is -2.31. The molecule has 0 aromatic heterocycles. The van der Waals surface area contributed by atoms with Crippen molar-refractivity contribution >= 4 is 11.9 Å². The van der Waals surface area contributed by atoms with Crippen LogP contribution in [-0.4, -0.2) is 47.9 Å². The van der Waals surface area contributed by atoms with E-state index in [0.717, 1.165) is 6.42 Å². The van der Waals surface area contributed by atoms with Gasteiger partial charge in [-0.3, -0.25) is 9.59 Å². The number of amides is 1. The van der Waals surface area contributed by atoms with Crippen molar-refractivity contribution in [3.05, 3.63) is 0 Å². The first-order chi connectivity index (χ1) is 10.5. The molecular weight excluding hydrogens is 298 g/mol. The molecule has 0 saturated heterocycles. The summed E-state index contributed by atoms with van der Waals surface area (Å²) in [6, 6.07) is 0. The van der Waals surface area contributed by atoms with Crippen LogP contribution in [0, 0.1) is 5.92 Å². The molecule has 0 aliphatic rings. The van der Waals surface area contributed by atoms with Gasteiger partial charge in [0.2, 0.25) is 5.91 Å². The van der Waals surface area contributed by atoms with Crippen LogP contribution in [0.4, 0.5) is 0 Å². The van der Waals surface area contributed by atoms with Crippen molar-refractivity contribution in [2.24, 2.45) is 5.92 Å². The van der Waals surface area contributed by atoms with Crippen molar-refractivity contribution in [2.75, 3.05) is 19.8 Å². The molecule has 23 heavy (non-hydrogen) atoms. The van der Waals surface area contributed by atoms with Crippen molar-refractivity contribution < 1.29 is 24.2 Å². The van der Waals surface area contributed by atoms with Crippen LogP contribution >= 0.6 is 0 Å². The van der Waals surface area contributed by atoms with E-state index in [9.17, 15) is 9.59 Å². The van der Waals surface area contributed by atoms with Crippen LogP contribution in [0.5, 0.6) is 0 Å². The van der Waals surface area contributed by atoms with Gasteiger partial charge in [-0.05, 0) is 39.5 Å². The lowest BCUT2D eigenvalue weighted by molar-refractivity contribution is -0.140. The van der Waals surface area contributed by atoms with Gasteiger partial charge in [0.05, 0.1) is 24.2 Å². The minimum Gasteiger partial charge on any atom is -0.480 e. The molecule has 0 aromatic carbocycles. The lowest BCUT2D eigenvalue weighted by Crippen LogP contribution is -2.39. The summed E-state index contributed by atoms with van der Waals surface area (Å²) in [7, 11) is 0. The molecule has 6 nitrogen and oxygen atoms in total. The zero-order chi connectivity index (χ0) is 18.1. The number of nitrogens with one attached hydrogen (secondary N) is 1. The fourth-order valence-corrected chi connectivity index (χ4v) is 1.86. The maximum Gasteiger partial charge on any atom is 0.322 e. The average molecular weight is 331 g/mol. The van der Waals surface area contributed by atoms with Gasteiger partial charge < -0.3 is 19.9 Å². The first kappa shape index (κ1) is 21.9. The Morgan fingerprint density at radius 3 is 2.26 bits per heavy atom. The third-order valence-electron chi connectivity index (χ3n) is 3.68. The molecule has 0 heterocycles. The van der Waals surface area contributed by atoms with E-state index in [4.69, 9.17) is 14.6 Å². The smallest absolute Gasteiger partial charge is 0.322 e. The van der Waals surface area contributed by atoms with Crippen LogP contribution in [-0.2, 0) is 19.1 Å². The number of ether oxygens (including phenoxy) is 2. The predicted molar refractivity (Wildman–Crippen MR) is 89.4 cm³/mol. The minimum absolute atomic E-state index is 0.143. The number of rotatable bonds is 12. The van der Waals surface area contributed by atoms with E-state index in [2.05, 4.69) is 19.2 Å². The van der Waals surface area contributed by atoms with Crippen LogP contribution in [0.1, 0.15) is 60.8 Å². The monoisotopic (exact) mass is 331 g/mol. The molecule has 1 unspecified atom stereocenters. The highest BCUT2D eigenvalue weighted by Crippen LogP contribution is 2.23. The minimum atomic E-state index is -1.05. The maximum absolute atomic E-state index is 11.8. The molecule has 1 atom stereocenters. The molecule has 0 fully saturated rings. The summed E-state index contributed by atoms with van der Waals surface area (Å²) in [5, 5.41) is 10.9. The van der Waals surface area contributed by atoms with E-state index in [1.165, 1.54) is 0 Å². The molecule has 2 N–H and O–H groups in total. The molecule has 0 radical (unpaired) electrons. The Hall–Kier alpha value is -1.14. The highest BCUT2D eigenvalue weighted by Gasteiger charge is 2.28. The Morgan fingerprint density at radius 1 is 1.17 bits per heavy atom. The predicted octanol–water partition coefficient (Wildman–Crippen LogP) is 2.60. The van der Waals surface area contributed by atoms with E-state index >= 15 is 0 Å². The second kappa shape index (κ2) is 9.88. The van der Waals surface area contributed by atoms with Gasteiger partial charge in [0.25, 0.3) is 0 Å². The molecule has 136 valence electrons. The summed E-state index contributed by atoms with van der Waals surface area (Å²) in [5.74, 6) is -0.886. The van der Waals surface area contributed by atoms with Gasteiger partial charge in [0.1, 0.15) is 6.54 Å². The molecule has 0 bridgehead atoms. The number of hydrogen-bond acceptors (Lipinski definition) is 4. The van der Waals surface area contributed by atoms with Gasteiger partial charge in [0.15, 0.2) is 0 Å². The number of carboxylic acids is 1. The number of hydrogen-bond donors (Lipinski definition) is 2. The van der Waals surface area contributed by atoms with Gasteiger partial charge in [-0.25, -0.2) is 0 Å².